The first-order valence-corrected chi connectivity index (χ1v) is 11.3. The number of nitrogens with one attached hydrogen (secondary N) is 2. The lowest BCUT2D eigenvalue weighted by atomic mass is 9.61. The Hall–Kier alpha value is -3.77. The van der Waals surface area contributed by atoms with Crippen molar-refractivity contribution < 1.29 is 19.5 Å². The van der Waals surface area contributed by atoms with Crippen LogP contribution in [0.1, 0.15) is 30.4 Å². The fourth-order valence-electron chi connectivity index (χ4n) is 4.76. The van der Waals surface area contributed by atoms with Gasteiger partial charge in [0.1, 0.15) is 11.7 Å². The van der Waals surface area contributed by atoms with Crippen LogP contribution in [0.25, 0.3) is 0 Å². The first-order valence-electron chi connectivity index (χ1n) is 11.3. The standard InChI is InChI=1S/C28H28N2O4/c1-18-13-15-19(16-14-18)23-24(26(32)29-20-9-5-3-6-10-20)22(31)17-28(2,34)25(23)27(33)30-21-11-7-4-8-12-21/h3-16,23-25,34H,17H2,1-2H3,(H,29,32)(H,30,33)/t23-,24-,25+,28-/m1/s1. The van der Waals surface area contributed by atoms with Crippen LogP contribution in [-0.2, 0) is 14.4 Å². The molecule has 1 aliphatic rings. The molecule has 6 heteroatoms. The van der Waals surface area contributed by atoms with E-state index in [1.165, 1.54) is 6.92 Å². The zero-order valence-corrected chi connectivity index (χ0v) is 19.2. The smallest absolute Gasteiger partial charge is 0.235 e. The molecule has 6 nitrogen and oxygen atoms in total. The molecule has 0 aromatic heterocycles. The highest BCUT2D eigenvalue weighted by Gasteiger charge is 2.55. The Morgan fingerprint density at radius 3 is 1.85 bits per heavy atom. The Labute approximate surface area is 199 Å². The normalized spacial score (nSPS) is 24.3. The van der Waals surface area contributed by atoms with Crippen molar-refractivity contribution in [3.8, 4) is 0 Å². The molecule has 174 valence electrons. The summed E-state index contributed by atoms with van der Waals surface area (Å²) in [5.74, 6) is -4.33. The molecule has 0 radical (unpaired) electrons. The van der Waals surface area contributed by atoms with Crippen molar-refractivity contribution in [3.63, 3.8) is 0 Å². The fourth-order valence-corrected chi connectivity index (χ4v) is 4.76. The predicted octanol–water partition coefficient (Wildman–Crippen LogP) is 4.31. The molecule has 3 aromatic carbocycles. The number of aryl methyl sites for hydroxylation is 1. The average Bonchev–Trinajstić information content (AvgIpc) is 2.79. The van der Waals surface area contributed by atoms with Gasteiger partial charge in [0, 0.05) is 23.7 Å². The average molecular weight is 457 g/mol. The minimum Gasteiger partial charge on any atom is -0.389 e. The van der Waals surface area contributed by atoms with Gasteiger partial charge in [-0.05, 0) is 43.7 Å². The third kappa shape index (κ3) is 4.92. The molecule has 2 amide bonds. The largest absolute Gasteiger partial charge is 0.389 e. The van der Waals surface area contributed by atoms with Crippen molar-refractivity contribution in [2.45, 2.75) is 31.8 Å². The van der Waals surface area contributed by atoms with Gasteiger partial charge in [0.15, 0.2) is 0 Å². The number of benzene rings is 3. The molecule has 4 rings (SSSR count). The van der Waals surface area contributed by atoms with E-state index in [0.717, 1.165) is 5.56 Å². The molecule has 0 saturated heterocycles. The molecule has 1 aliphatic carbocycles. The highest BCUT2D eigenvalue weighted by molar-refractivity contribution is 6.10. The molecule has 1 fully saturated rings. The number of hydrogen-bond acceptors (Lipinski definition) is 4. The molecule has 0 aliphatic heterocycles. The van der Waals surface area contributed by atoms with Gasteiger partial charge in [-0.15, -0.1) is 0 Å². The van der Waals surface area contributed by atoms with Gasteiger partial charge >= 0.3 is 0 Å². The van der Waals surface area contributed by atoms with Gasteiger partial charge in [-0.3, -0.25) is 14.4 Å². The summed E-state index contributed by atoms with van der Waals surface area (Å²) in [6, 6.07) is 25.2. The first kappa shape index (κ1) is 23.4. The fraction of sp³-hybridized carbons (Fsp3) is 0.250. The van der Waals surface area contributed by atoms with Crippen LogP contribution in [-0.4, -0.2) is 28.3 Å². The molecule has 0 bridgehead atoms. The monoisotopic (exact) mass is 456 g/mol. The first-order chi connectivity index (χ1) is 16.3. The highest BCUT2D eigenvalue weighted by atomic mass is 16.3. The zero-order chi connectivity index (χ0) is 24.3. The Morgan fingerprint density at radius 2 is 1.32 bits per heavy atom. The van der Waals surface area contributed by atoms with E-state index in [4.69, 9.17) is 0 Å². The Kier molecular flexibility index (Phi) is 6.61. The summed E-state index contributed by atoms with van der Waals surface area (Å²) in [4.78, 5) is 40.2. The number of para-hydroxylation sites is 2. The molecule has 0 unspecified atom stereocenters. The molecule has 3 aromatic rings. The van der Waals surface area contributed by atoms with Gasteiger partial charge in [-0.2, -0.15) is 0 Å². The van der Waals surface area contributed by atoms with E-state index in [1.807, 2.05) is 43.3 Å². The SMILES string of the molecule is Cc1ccc([C@@H]2[C@H](C(=O)Nc3ccccc3)C(=O)C[C@@](C)(O)[C@@H]2C(=O)Nc2ccccc2)cc1. The predicted molar refractivity (Wildman–Crippen MR) is 131 cm³/mol. The molecule has 1 saturated carbocycles. The van der Waals surface area contributed by atoms with Crippen molar-refractivity contribution in [1.82, 2.24) is 0 Å². The van der Waals surface area contributed by atoms with Crippen LogP contribution in [0.2, 0.25) is 0 Å². The zero-order valence-electron chi connectivity index (χ0n) is 19.2. The van der Waals surface area contributed by atoms with Gasteiger partial charge in [-0.25, -0.2) is 0 Å². The van der Waals surface area contributed by atoms with Crippen molar-refractivity contribution in [2.75, 3.05) is 10.6 Å². The summed E-state index contributed by atoms with van der Waals surface area (Å²) in [7, 11) is 0. The number of anilines is 2. The van der Waals surface area contributed by atoms with Gasteiger partial charge in [-0.1, -0.05) is 66.2 Å². The van der Waals surface area contributed by atoms with Crippen LogP contribution in [0.3, 0.4) is 0 Å². The van der Waals surface area contributed by atoms with Crippen molar-refractivity contribution >= 4 is 29.0 Å². The summed E-state index contributed by atoms with van der Waals surface area (Å²) in [6.07, 6.45) is -0.297. The van der Waals surface area contributed by atoms with Crippen molar-refractivity contribution in [3.05, 3.63) is 96.1 Å². The van der Waals surface area contributed by atoms with E-state index in [9.17, 15) is 19.5 Å². The third-order valence-electron chi connectivity index (χ3n) is 6.38. The number of ketones is 1. The van der Waals surface area contributed by atoms with Crippen LogP contribution >= 0.6 is 0 Å². The number of Topliss-reactive ketones (excluding diaryl/α,β-unsaturated/α-hetero) is 1. The van der Waals surface area contributed by atoms with Crippen LogP contribution in [0.4, 0.5) is 11.4 Å². The van der Waals surface area contributed by atoms with Crippen LogP contribution in [0.15, 0.2) is 84.9 Å². The quantitative estimate of drug-likeness (QED) is 0.499. The number of aliphatic hydroxyl groups is 1. The van der Waals surface area contributed by atoms with E-state index in [2.05, 4.69) is 10.6 Å². The molecule has 0 spiro atoms. The summed E-state index contributed by atoms with van der Waals surface area (Å²) in [5, 5.41) is 17.0. The lowest BCUT2D eigenvalue weighted by Crippen LogP contribution is -2.56. The van der Waals surface area contributed by atoms with Crippen LogP contribution in [0.5, 0.6) is 0 Å². The number of amides is 2. The molecule has 34 heavy (non-hydrogen) atoms. The maximum Gasteiger partial charge on any atom is 0.235 e. The Balaban J connectivity index is 1.76. The molecular formula is C28H28N2O4. The van der Waals surface area contributed by atoms with E-state index >= 15 is 0 Å². The van der Waals surface area contributed by atoms with Gasteiger partial charge in [0.05, 0.1) is 11.5 Å². The van der Waals surface area contributed by atoms with E-state index in [0.29, 0.717) is 16.9 Å². The Bertz CT molecular complexity index is 1170. The van der Waals surface area contributed by atoms with E-state index in [1.54, 1.807) is 48.5 Å². The second kappa shape index (κ2) is 9.61. The molecule has 4 atom stereocenters. The molecule has 3 N–H and O–H groups in total. The number of rotatable bonds is 5. The highest BCUT2D eigenvalue weighted by Crippen LogP contribution is 2.46. The topological polar surface area (TPSA) is 95.5 Å². The van der Waals surface area contributed by atoms with Crippen molar-refractivity contribution in [2.24, 2.45) is 11.8 Å². The number of hydrogen-bond donors (Lipinski definition) is 3. The number of carbonyl (C=O) groups excluding carboxylic acids is 3. The lowest BCUT2D eigenvalue weighted by molar-refractivity contribution is -0.150. The summed E-state index contributed by atoms with van der Waals surface area (Å²) in [5.41, 5.74) is 1.17. The van der Waals surface area contributed by atoms with Crippen LogP contribution in [0, 0.1) is 18.8 Å². The second-order valence-electron chi connectivity index (χ2n) is 9.10. The van der Waals surface area contributed by atoms with Gasteiger partial charge in [0.2, 0.25) is 11.8 Å². The van der Waals surface area contributed by atoms with Gasteiger partial charge in [0.25, 0.3) is 0 Å². The minimum absolute atomic E-state index is 0.297. The minimum atomic E-state index is -1.63. The molecule has 0 heterocycles. The summed E-state index contributed by atoms with van der Waals surface area (Å²) in [6.45, 7) is 3.43. The molecular weight excluding hydrogens is 428 g/mol. The third-order valence-corrected chi connectivity index (χ3v) is 6.38. The van der Waals surface area contributed by atoms with Crippen LogP contribution < -0.4 is 10.6 Å². The maximum atomic E-state index is 13.6. The summed E-state index contributed by atoms with van der Waals surface area (Å²) >= 11 is 0. The lowest BCUT2D eigenvalue weighted by Gasteiger charge is -2.44. The second-order valence-corrected chi connectivity index (χ2v) is 9.10. The van der Waals surface area contributed by atoms with E-state index in [-0.39, 0.29) is 6.42 Å². The Morgan fingerprint density at radius 1 is 0.824 bits per heavy atom. The van der Waals surface area contributed by atoms with Gasteiger partial charge < -0.3 is 15.7 Å². The van der Waals surface area contributed by atoms with Crippen molar-refractivity contribution in [1.29, 1.82) is 0 Å². The van der Waals surface area contributed by atoms with E-state index < -0.39 is 41.0 Å². The summed E-state index contributed by atoms with van der Waals surface area (Å²) < 4.78 is 0. The number of carbonyl (C=O) groups is 3. The maximum absolute atomic E-state index is 13.6.